The van der Waals surface area contributed by atoms with Gasteiger partial charge < -0.3 is 0 Å². The molecule has 0 aliphatic carbocycles. The second-order valence-electron chi connectivity index (χ2n) is 3.53. The van der Waals surface area contributed by atoms with Gasteiger partial charge in [0, 0.05) is 4.91 Å². The Kier molecular flexibility index (Phi) is 4.27. The average Bonchev–Trinajstić information content (AvgIpc) is 2.86. The van der Waals surface area contributed by atoms with Crippen molar-refractivity contribution in [1.82, 2.24) is 0 Å². The van der Waals surface area contributed by atoms with Crippen molar-refractivity contribution in [2.45, 2.75) is 11.3 Å². The predicted octanol–water partition coefficient (Wildman–Crippen LogP) is 2.43. The van der Waals surface area contributed by atoms with E-state index in [1.54, 1.807) is 35.8 Å². The third kappa shape index (κ3) is 3.38. The number of nitriles is 1. The van der Waals surface area contributed by atoms with Crippen LogP contribution in [0.25, 0.3) is 0 Å². The molecule has 0 radical (unpaired) electrons. The lowest BCUT2D eigenvalue weighted by atomic mass is 10.4. The molecule has 1 unspecified atom stereocenters. The molecular weight excluding hydrogens is 284 g/mol. The smallest absolute Gasteiger partial charge is 0.198 e. The van der Waals surface area contributed by atoms with E-state index in [1.165, 1.54) is 12.1 Å². The predicted molar refractivity (Wildman–Crippen MR) is 72.0 cm³/mol. The minimum atomic E-state index is -3.89. The van der Waals surface area contributed by atoms with Crippen molar-refractivity contribution in [1.29, 1.82) is 5.26 Å². The first kappa shape index (κ1) is 13.7. The fourth-order valence-corrected chi connectivity index (χ4v) is 3.50. The molecule has 98 valence electrons. The van der Waals surface area contributed by atoms with Crippen molar-refractivity contribution >= 4 is 20.8 Å². The lowest BCUT2D eigenvalue weighted by Gasteiger charge is -2.02. The van der Waals surface area contributed by atoms with Crippen LogP contribution in [0.3, 0.4) is 0 Å². The van der Waals surface area contributed by atoms with Crippen LogP contribution in [0.5, 0.6) is 0 Å². The topological polar surface area (TPSA) is 79.5 Å². The molecule has 1 atom stereocenters. The molecule has 7 heteroatoms. The summed E-state index contributed by atoms with van der Waals surface area (Å²) >= 11 is 0. The molecule has 1 heterocycles. The Hall–Kier alpha value is -1.75. The van der Waals surface area contributed by atoms with Gasteiger partial charge in [-0.25, -0.2) is 0 Å². The molecule has 19 heavy (non-hydrogen) atoms. The Morgan fingerprint density at radius 3 is 2.74 bits per heavy atom. The summed E-state index contributed by atoms with van der Waals surface area (Å²) in [5, 5.41) is 10.3. The maximum atomic E-state index is 11.8. The van der Waals surface area contributed by atoms with Gasteiger partial charge in [0.15, 0.2) is 0 Å². The van der Waals surface area contributed by atoms with Gasteiger partial charge >= 0.3 is 10.1 Å². The highest BCUT2D eigenvalue weighted by Gasteiger charge is 2.16. The van der Waals surface area contributed by atoms with Crippen molar-refractivity contribution in [3.63, 3.8) is 0 Å². The van der Waals surface area contributed by atoms with Gasteiger partial charge in [-0.15, -0.1) is 4.28 Å². The molecule has 1 aliphatic heterocycles. The first-order valence-corrected chi connectivity index (χ1v) is 7.96. The summed E-state index contributed by atoms with van der Waals surface area (Å²) in [5.41, 5.74) is 0. The van der Waals surface area contributed by atoms with Gasteiger partial charge in [0.05, 0.1) is 17.4 Å². The highest BCUT2D eigenvalue weighted by atomic mass is 32.2. The van der Waals surface area contributed by atoms with Gasteiger partial charge in [-0.05, 0) is 34.3 Å². The molecule has 0 saturated carbocycles. The van der Waals surface area contributed by atoms with E-state index in [2.05, 4.69) is 8.81 Å². The van der Waals surface area contributed by atoms with Crippen molar-refractivity contribution in [3.8, 4) is 6.07 Å². The third-order valence-corrected chi connectivity index (χ3v) is 4.93. The van der Waals surface area contributed by atoms with Gasteiger partial charge in [-0.3, -0.25) is 0 Å². The number of nitrogens with zero attached hydrogens (tertiary/aromatic N) is 2. The van der Waals surface area contributed by atoms with Crippen LogP contribution < -0.4 is 0 Å². The Balaban J connectivity index is 2.17. The molecule has 0 spiro atoms. The summed E-state index contributed by atoms with van der Waals surface area (Å²) in [6.45, 7) is 0. The van der Waals surface area contributed by atoms with Crippen molar-refractivity contribution < 1.29 is 12.7 Å². The van der Waals surface area contributed by atoms with Crippen LogP contribution in [-0.4, -0.2) is 8.42 Å². The lowest BCUT2D eigenvalue weighted by Crippen LogP contribution is -2.03. The molecule has 0 N–H and O–H groups in total. The summed E-state index contributed by atoms with van der Waals surface area (Å²) in [5.74, 6) is 0. The van der Waals surface area contributed by atoms with Crippen molar-refractivity contribution in [2.24, 2.45) is 4.53 Å². The number of allylic oxidation sites excluding steroid dienone is 3. The Morgan fingerprint density at radius 1 is 1.32 bits per heavy atom. The van der Waals surface area contributed by atoms with Crippen molar-refractivity contribution in [3.05, 3.63) is 52.8 Å². The Labute approximate surface area is 114 Å². The van der Waals surface area contributed by atoms with Crippen LogP contribution in [-0.2, 0) is 25.1 Å². The monoisotopic (exact) mass is 294 g/mol. The number of benzene rings is 1. The fraction of sp³-hybridized carbons (Fsp3) is 0.0833. The Morgan fingerprint density at radius 2 is 2.05 bits per heavy atom. The highest BCUT2D eigenvalue weighted by molar-refractivity contribution is 7.94. The largest absolute Gasteiger partial charge is 0.319 e. The summed E-state index contributed by atoms with van der Waals surface area (Å²) in [7, 11) is -4.69. The molecule has 0 bridgehead atoms. The van der Waals surface area contributed by atoms with E-state index in [4.69, 9.17) is 5.26 Å². The number of rotatable bonds is 4. The van der Waals surface area contributed by atoms with Crippen LogP contribution in [0.15, 0.2) is 62.2 Å². The summed E-state index contributed by atoms with van der Waals surface area (Å²) in [4.78, 5) is 0.794. The summed E-state index contributed by atoms with van der Waals surface area (Å²) < 4.78 is 32.1. The molecule has 0 fully saturated rings. The highest BCUT2D eigenvalue weighted by Crippen LogP contribution is 2.19. The maximum Gasteiger partial charge on any atom is 0.319 e. The fourth-order valence-electron chi connectivity index (χ4n) is 1.36. The molecule has 0 amide bonds. The zero-order valence-corrected chi connectivity index (χ0v) is 11.4. The van der Waals surface area contributed by atoms with Crippen LogP contribution in [0, 0.1) is 11.3 Å². The van der Waals surface area contributed by atoms with Gasteiger partial charge in [-0.2, -0.15) is 13.7 Å². The van der Waals surface area contributed by atoms with Crippen LogP contribution in [0.1, 0.15) is 6.42 Å². The second kappa shape index (κ2) is 5.93. The standard InChI is InChI=1S/C12H10N2O3S2/c13-9-8-11-5-4-10-18(11)14-17-19(15,16)12-6-2-1-3-7-12/h1-7,10H,8H2. The zero-order valence-electron chi connectivity index (χ0n) is 9.76. The SMILES string of the molecule is N#CCC1=CC=CS1=NOS(=O)(=O)c1ccccc1. The van der Waals surface area contributed by atoms with Crippen molar-refractivity contribution in [2.75, 3.05) is 0 Å². The molecular formula is C12H10N2O3S2. The molecule has 1 aromatic carbocycles. The van der Waals surface area contributed by atoms with E-state index >= 15 is 0 Å². The van der Waals surface area contributed by atoms with Gasteiger partial charge in [-0.1, -0.05) is 28.8 Å². The zero-order chi connectivity index (χ0) is 13.7. The molecule has 0 saturated heterocycles. The molecule has 2 rings (SSSR count). The van der Waals surface area contributed by atoms with Gasteiger partial charge in [0.2, 0.25) is 0 Å². The quantitative estimate of drug-likeness (QED) is 0.799. The summed E-state index contributed by atoms with van der Waals surface area (Å²) in [6, 6.07) is 9.80. The first-order valence-electron chi connectivity index (χ1n) is 5.31. The average molecular weight is 294 g/mol. The van der Waals surface area contributed by atoms with E-state index in [0.717, 1.165) is 4.91 Å². The number of hydrogen-bond acceptors (Lipinski definition) is 5. The lowest BCUT2D eigenvalue weighted by molar-refractivity contribution is 0.346. The first-order chi connectivity index (χ1) is 9.13. The van der Waals surface area contributed by atoms with Gasteiger partial charge in [0.1, 0.15) is 0 Å². The normalized spacial score (nSPS) is 18.3. The minimum Gasteiger partial charge on any atom is -0.198 e. The van der Waals surface area contributed by atoms with E-state index in [0.29, 0.717) is 0 Å². The third-order valence-electron chi connectivity index (χ3n) is 2.25. The molecule has 0 aromatic heterocycles. The van der Waals surface area contributed by atoms with Crippen LogP contribution >= 0.6 is 0 Å². The van der Waals surface area contributed by atoms with Gasteiger partial charge in [0.25, 0.3) is 0 Å². The molecule has 1 aromatic rings. The van der Waals surface area contributed by atoms with Crippen LogP contribution in [0.2, 0.25) is 0 Å². The van der Waals surface area contributed by atoms with E-state index in [-0.39, 0.29) is 11.3 Å². The molecule has 1 aliphatic rings. The summed E-state index contributed by atoms with van der Waals surface area (Å²) in [6.07, 6.45) is 3.68. The second-order valence-corrected chi connectivity index (χ2v) is 6.63. The van der Waals surface area contributed by atoms with Crippen LogP contribution in [0.4, 0.5) is 0 Å². The number of hydrogen-bond donors (Lipinski definition) is 0. The Bertz CT molecular complexity index is 698. The molecule has 5 nitrogen and oxygen atoms in total. The maximum absolute atomic E-state index is 11.8. The van der Waals surface area contributed by atoms with E-state index in [1.807, 2.05) is 6.07 Å². The van der Waals surface area contributed by atoms with E-state index in [9.17, 15) is 8.42 Å². The minimum absolute atomic E-state index is 0.0522. The van der Waals surface area contributed by atoms with E-state index < -0.39 is 20.8 Å².